The van der Waals surface area contributed by atoms with Crippen LogP contribution in [0.1, 0.15) is 0 Å². The molecule has 0 saturated heterocycles. The molecule has 2 nitrogen and oxygen atoms in total. The topological polar surface area (TPSA) is 24.1 Å². The minimum Gasteiger partial charge on any atom is -0.284 e. The fraction of sp³-hybridized carbons (Fsp3) is 0. The molecule has 1 rings (SSSR count). The molecule has 0 bridgehead atoms. The quantitative estimate of drug-likeness (QED) is 0.425. The third-order valence-electron chi connectivity index (χ3n) is 0.791. The highest BCUT2D eigenvalue weighted by atomic mass is 79.9. The van der Waals surface area contributed by atoms with E-state index in [0.717, 1.165) is 4.73 Å². The summed E-state index contributed by atoms with van der Waals surface area (Å²) in [6.07, 6.45) is 1.55. The van der Waals surface area contributed by atoms with Crippen LogP contribution < -0.4 is 4.73 Å². The van der Waals surface area contributed by atoms with E-state index in [0.29, 0.717) is 4.60 Å². The summed E-state index contributed by atoms with van der Waals surface area (Å²) < 4.78 is 1.65. The van der Waals surface area contributed by atoms with Crippen LogP contribution in [0, 0.1) is 0 Å². The number of hydrogen-bond donors (Lipinski definition) is 1. The Morgan fingerprint density at radius 1 is 1.44 bits per heavy atom. The maximum atomic E-state index is 8.79. The van der Waals surface area contributed by atoms with Gasteiger partial charge in [0.05, 0.1) is 0 Å². The van der Waals surface area contributed by atoms with Gasteiger partial charge in [0, 0.05) is 32.8 Å². The number of aromatic nitrogens is 1. The minimum absolute atomic E-state index is 0. The van der Waals surface area contributed by atoms with Crippen LogP contribution in [-0.2, 0) is 0 Å². The standard InChI is InChI=1S/C5H5BrNO.BrH/c6-5-3-1-2-4-7(5)8;/h1-4,8H;1H/q+1;. The van der Waals surface area contributed by atoms with Crippen LogP contribution in [0.2, 0.25) is 0 Å². The molecule has 0 atom stereocenters. The summed E-state index contributed by atoms with van der Waals surface area (Å²) in [5.74, 6) is 0. The first-order valence-electron chi connectivity index (χ1n) is 2.16. The lowest BCUT2D eigenvalue weighted by molar-refractivity contribution is -0.913. The van der Waals surface area contributed by atoms with Crippen molar-refractivity contribution in [2.75, 3.05) is 0 Å². The molecular formula is C5H6Br2NO+. The lowest BCUT2D eigenvalue weighted by atomic mass is 10.5. The zero-order valence-corrected chi connectivity index (χ0v) is 7.79. The number of pyridine rings is 1. The van der Waals surface area contributed by atoms with Gasteiger partial charge in [-0.1, -0.05) is 0 Å². The van der Waals surface area contributed by atoms with E-state index in [1.54, 1.807) is 18.3 Å². The summed E-state index contributed by atoms with van der Waals surface area (Å²) in [5, 5.41) is 8.79. The lowest BCUT2D eigenvalue weighted by Crippen LogP contribution is -2.30. The summed E-state index contributed by atoms with van der Waals surface area (Å²) in [4.78, 5) is 0. The Balaban J connectivity index is 0.000000640. The van der Waals surface area contributed by atoms with E-state index in [1.807, 2.05) is 6.07 Å². The molecule has 0 aliphatic rings. The number of hydrogen-bond acceptors (Lipinski definition) is 1. The number of rotatable bonds is 0. The Morgan fingerprint density at radius 2 is 2.11 bits per heavy atom. The molecule has 1 heterocycles. The summed E-state index contributed by atoms with van der Waals surface area (Å²) in [6, 6.07) is 5.32. The average Bonchev–Trinajstić information content (AvgIpc) is 1.77. The molecular weight excluding hydrogens is 250 g/mol. The molecule has 0 saturated carbocycles. The number of halogens is 2. The smallest absolute Gasteiger partial charge is 0.284 e. The fourth-order valence-corrected chi connectivity index (χ4v) is 0.685. The molecule has 0 unspecified atom stereocenters. The molecule has 0 fully saturated rings. The van der Waals surface area contributed by atoms with Crippen LogP contribution in [0.15, 0.2) is 29.0 Å². The van der Waals surface area contributed by atoms with Gasteiger partial charge in [-0.25, -0.2) is 0 Å². The van der Waals surface area contributed by atoms with E-state index in [4.69, 9.17) is 5.21 Å². The minimum atomic E-state index is 0. The van der Waals surface area contributed by atoms with E-state index in [-0.39, 0.29) is 17.0 Å². The van der Waals surface area contributed by atoms with Crippen molar-refractivity contribution >= 4 is 32.9 Å². The molecule has 1 N–H and O–H groups in total. The summed E-state index contributed by atoms with van der Waals surface area (Å²) in [7, 11) is 0. The van der Waals surface area contributed by atoms with Crippen LogP contribution in [-0.4, -0.2) is 5.21 Å². The summed E-state index contributed by atoms with van der Waals surface area (Å²) in [6.45, 7) is 0. The van der Waals surface area contributed by atoms with E-state index >= 15 is 0 Å². The van der Waals surface area contributed by atoms with Gasteiger partial charge in [0.1, 0.15) is 0 Å². The first kappa shape index (κ1) is 8.91. The molecule has 0 radical (unpaired) electrons. The Labute approximate surface area is 72.0 Å². The maximum Gasteiger partial charge on any atom is 0.298 e. The monoisotopic (exact) mass is 254 g/mol. The van der Waals surface area contributed by atoms with Crippen molar-refractivity contribution < 1.29 is 9.94 Å². The van der Waals surface area contributed by atoms with Gasteiger partial charge in [-0.2, -0.15) is 0 Å². The normalized spacial score (nSPS) is 8.11. The molecule has 9 heavy (non-hydrogen) atoms. The summed E-state index contributed by atoms with van der Waals surface area (Å²) >= 11 is 3.11. The van der Waals surface area contributed by atoms with Crippen molar-refractivity contribution in [1.82, 2.24) is 0 Å². The molecule has 1 aromatic heterocycles. The highest BCUT2D eigenvalue weighted by Crippen LogP contribution is 1.97. The van der Waals surface area contributed by atoms with Gasteiger partial charge in [-0.05, 0) is 6.07 Å². The predicted octanol–water partition coefficient (Wildman–Crippen LogP) is 1.55. The van der Waals surface area contributed by atoms with Crippen molar-refractivity contribution in [3.8, 4) is 0 Å². The second-order valence-corrected chi connectivity index (χ2v) is 2.18. The summed E-state index contributed by atoms with van der Waals surface area (Å²) in [5.41, 5.74) is 0. The SMILES string of the molecule is Br.O[n+]1ccccc1Br. The Kier molecular flexibility index (Phi) is 3.81. The molecule has 0 aromatic carbocycles. The van der Waals surface area contributed by atoms with Crippen LogP contribution >= 0.6 is 32.9 Å². The Bertz CT molecular complexity index is 171. The van der Waals surface area contributed by atoms with Gasteiger partial charge in [0.25, 0.3) is 4.60 Å². The van der Waals surface area contributed by atoms with Crippen LogP contribution in [0.5, 0.6) is 0 Å². The molecule has 0 aliphatic carbocycles. The van der Waals surface area contributed by atoms with Crippen molar-refractivity contribution in [3.63, 3.8) is 0 Å². The van der Waals surface area contributed by atoms with Crippen molar-refractivity contribution in [1.29, 1.82) is 0 Å². The van der Waals surface area contributed by atoms with Crippen molar-refractivity contribution in [3.05, 3.63) is 29.0 Å². The van der Waals surface area contributed by atoms with Crippen LogP contribution in [0.3, 0.4) is 0 Å². The van der Waals surface area contributed by atoms with E-state index in [2.05, 4.69) is 15.9 Å². The highest BCUT2D eigenvalue weighted by Gasteiger charge is 1.98. The van der Waals surface area contributed by atoms with E-state index in [1.165, 1.54) is 0 Å². The van der Waals surface area contributed by atoms with Crippen molar-refractivity contribution in [2.45, 2.75) is 0 Å². The average molecular weight is 256 g/mol. The molecule has 0 aliphatic heterocycles. The third-order valence-corrected chi connectivity index (χ3v) is 1.42. The second kappa shape index (κ2) is 3.85. The van der Waals surface area contributed by atoms with Gasteiger partial charge < -0.3 is 0 Å². The van der Waals surface area contributed by atoms with Gasteiger partial charge in [0.15, 0.2) is 0 Å². The molecule has 4 heteroatoms. The third kappa shape index (κ3) is 2.32. The van der Waals surface area contributed by atoms with Crippen LogP contribution in [0.25, 0.3) is 0 Å². The second-order valence-electron chi connectivity index (χ2n) is 1.37. The maximum absolute atomic E-state index is 8.79. The van der Waals surface area contributed by atoms with Crippen LogP contribution in [0.4, 0.5) is 0 Å². The molecule has 0 spiro atoms. The highest BCUT2D eigenvalue weighted by molar-refractivity contribution is 9.10. The van der Waals surface area contributed by atoms with Crippen molar-refractivity contribution in [2.24, 2.45) is 0 Å². The first-order chi connectivity index (χ1) is 3.80. The van der Waals surface area contributed by atoms with E-state index in [9.17, 15) is 0 Å². The molecule has 0 amide bonds. The van der Waals surface area contributed by atoms with Gasteiger partial charge in [0.2, 0.25) is 6.20 Å². The predicted molar refractivity (Wildman–Crippen MR) is 41.8 cm³/mol. The fourth-order valence-electron chi connectivity index (χ4n) is 0.414. The Hall–Kier alpha value is -0.0900. The molecule has 50 valence electrons. The first-order valence-corrected chi connectivity index (χ1v) is 2.95. The largest absolute Gasteiger partial charge is 0.298 e. The zero-order chi connectivity index (χ0) is 5.98. The lowest BCUT2D eigenvalue weighted by Gasteiger charge is -1.81. The number of nitrogens with zero attached hydrogens (tertiary/aromatic N) is 1. The van der Waals surface area contributed by atoms with Gasteiger partial charge in [-0.3, -0.25) is 5.21 Å². The van der Waals surface area contributed by atoms with Gasteiger partial charge in [-0.15, -0.1) is 17.0 Å². The Morgan fingerprint density at radius 3 is 2.44 bits per heavy atom. The zero-order valence-electron chi connectivity index (χ0n) is 4.49. The van der Waals surface area contributed by atoms with Gasteiger partial charge >= 0.3 is 0 Å². The molecule has 1 aromatic rings. The van der Waals surface area contributed by atoms with E-state index < -0.39 is 0 Å².